The summed E-state index contributed by atoms with van der Waals surface area (Å²) in [5.74, 6) is -0.467. The van der Waals surface area contributed by atoms with Crippen molar-refractivity contribution < 1.29 is 0 Å². The summed E-state index contributed by atoms with van der Waals surface area (Å²) in [5.41, 5.74) is 10.4. The minimum atomic E-state index is -0.185. The molecule has 0 saturated carbocycles. The number of nitriles is 2. The highest BCUT2D eigenvalue weighted by atomic mass is 15.3. The molecule has 0 aromatic carbocycles. The van der Waals surface area contributed by atoms with Crippen LogP contribution in [0.15, 0.2) is 0 Å². The third kappa shape index (κ3) is 1.70. The van der Waals surface area contributed by atoms with Crippen LogP contribution in [0.1, 0.15) is 0 Å². The molecule has 0 atom stereocenters. The summed E-state index contributed by atoms with van der Waals surface area (Å²) in [6.07, 6.45) is 3.06. The van der Waals surface area contributed by atoms with Crippen molar-refractivity contribution in [1.82, 2.24) is 15.0 Å². The van der Waals surface area contributed by atoms with E-state index in [1.807, 2.05) is 0 Å². The molecule has 0 bridgehead atoms. The van der Waals surface area contributed by atoms with Gasteiger partial charge in [-0.25, -0.2) is 0 Å². The largest absolute Gasteiger partial charge is 0.368 e. The first-order valence-corrected chi connectivity index (χ1v) is 3.04. The quantitative estimate of drug-likeness (QED) is 0.401. The molecule has 13 heavy (non-hydrogen) atoms. The molecule has 1 aromatic heterocycles. The fraction of sp³-hybridized carbons (Fsp3) is 0. The lowest BCUT2D eigenvalue weighted by atomic mass is 10.7. The van der Waals surface area contributed by atoms with Gasteiger partial charge in [0.25, 0.3) is 5.95 Å². The van der Waals surface area contributed by atoms with Crippen LogP contribution in [0.25, 0.3) is 0 Å². The highest BCUT2D eigenvalue weighted by molar-refractivity contribution is 5.47. The van der Waals surface area contributed by atoms with Gasteiger partial charge in [-0.2, -0.15) is 25.5 Å². The monoisotopic (exact) mass is 176 g/mol. The number of hydrogen-bond donors (Lipinski definition) is 2. The molecule has 0 aliphatic carbocycles. The second-order valence-electron chi connectivity index (χ2n) is 1.89. The summed E-state index contributed by atoms with van der Waals surface area (Å²) in [6, 6.07) is 0. The molecule has 8 nitrogen and oxygen atoms in total. The van der Waals surface area contributed by atoms with Crippen molar-refractivity contribution in [2.24, 2.45) is 0 Å². The summed E-state index contributed by atoms with van der Waals surface area (Å²) < 4.78 is 0. The van der Waals surface area contributed by atoms with Gasteiger partial charge in [-0.05, 0) is 0 Å². The third-order valence-corrected chi connectivity index (χ3v) is 1.06. The Balaban J connectivity index is 3.17. The Morgan fingerprint density at radius 3 is 1.85 bits per heavy atom. The van der Waals surface area contributed by atoms with Crippen LogP contribution >= 0.6 is 0 Å². The molecular formula is C5H4N8. The van der Waals surface area contributed by atoms with Gasteiger partial charge in [0.15, 0.2) is 0 Å². The van der Waals surface area contributed by atoms with Gasteiger partial charge in [-0.1, -0.05) is 0 Å². The van der Waals surface area contributed by atoms with Crippen LogP contribution in [0.5, 0.6) is 0 Å². The first kappa shape index (κ1) is 8.49. The standard InChI is InChI=1S/C5H4N8/c6-1-13(2-7)5-11-3(8)10-4(9)12-5/h(H4,8,9,10,11,12). The van der Waals surface area contributed by atoms with E-state index in [0.29, 0.717) is 4.90 Å². The number of anilines is 3. The van der Waals surface area contributed by atoms with Gasteiger partial charge in [0.05, 0.1) is 0 Å². The van der Waals surface area contributed by atoms with Gasteiger partial charge in [0, 0.05) is 0 Å². The minimum absolute atomic E-state index is 0.141. The average molecular weight is 176 g/mol. The van der Waals surface area contributed by atoms with E-state index >= 15 is 0 Å². The Bertz CT molecular complexity index is 364. The van der Waals surface area contributed by atoms with Crippen LogP contribution < -0.4 is 16.4 Å². The van der Waals surface area contributed by atoms with E-state index in [1.54, 1.807) is 0 Å². The number of nitrogens with zero attached hydrogens (tertiary/aromatic N) is 6. The van der Waals surface area contributed by atoms with Crippen LogP contribution in [0, 0.1) is 22.9 Å². The van der Waals surface area contributed by atoms with Crippen molar-refractivity contribution in [2.45, 2.75) is 0 Å². The highest BCUT2D eigenvalue weighted by Crippen LogP contribution is 2.07. The molecule has 64 valence electrons. The molecule has 0 aliphatic heterocycles. The number of hydrogen-bond acceptors (Lipinski definition) is 8. The van der Waals surface area contributed by atoms with Gasteiger partial charge in [0.2, 0.25) is 24.3 Å². The third-order valence-electron chi connectivity index (χ3n) is 1.06. The van der Waals surface area contributed by atoms with Gasteiger partial charge < -0.3 is 11.5 Å². The van der Waals surface area contributed by atoms with Crippen molar-refractivity contribution in [3.05, 3.63) is 0 Å². The molecule has 0 saturated heterocycles. The first-order valence-electron chi connectivity index (χ1n) is 3.04. The molecule has 1 rings (SSSR count). The smallest absolute Gasteiger partial charge is 0.259 e. The van der Waals surface area contributed by atoms with E-state index < -0.39 is 0 Å². The van der Waals surface area contributed by atoms with Crippen LogP contribution in [-0.2, 0) is 0 Å². The first-order chi connectivity index (χ1) is 6.17. The molecule has 0 spiro atoms. The van der Waals surface area contributed by atoms with E-state index in [4.69, 9.17) is 22.0 Å². The van der Waals surface area contributed by atoms with E-state index in [1.165, 1.54) is 12.4 Å². The lowest BCUT2D eigenvalue weighted by Gasteiger charge is -2.02. The molecule has 4 N–H and O–H groups in total. The molecule has 1 heterocycles. The summed E-state index contributed by atoms with van der Waals surface area (Å²) in [7, 11) is 0. The molecule has 0 unspecified atom stereocenters. The zero-order valence-electron chi connectivity index (χ0n) is 6.34. The highest BCUT2D eigenvalue weighted by Gasteiger charge is 2.09. The van der Waals surface area contributed by atoms with Crippen LogP contribution in [0.4, 0.5) is 17.8 Å². The molecule has 0 radical (unpaired) electrons. The van der Waals surface area contributed by atoms with E-state index in [2.05, 4.69) is 15.0 Å². The summed E-state index contributed by atoms with van der Waals surface area (Å²) in [4.78, 5) is 11.1. The van der Waals surface area contributed by atoms with E-state index in [-0.39, 0.29) is 17.8 Å². The van der Waals surface area contributed by atoms with E-state index in [0.717, 1.165) is 0 Å². The Kier molecular flexibility index (Phi) is 2.08. The molecule has 1 aromatic rings. The van der Waals surface area contributed by atoms with Crippen molar-refractivity contribution >= 4 is 17.8 Å². The second-order valence-corrected chi connectivity index (χ2v) is 1.89. The van der Waals surface area contributed by atoms with Crippen LogP contribution in [0.3, 0.4) is 0 Å². The van der Waals surface area contributed by atoms with Crippen molar-refractivity contribution in [3.8, 4) is 12.4 Å². The number of nitrogens with two attached hydrogens (primary N) is 2. The molecular weight excluding hydrogens is 172 g/mol. The lowest BCUT2D eigenvalue weighted by molar-refractivity contribution is 1.03. The molecule has 0 aliphatic rings. The van der Waals surface area contributed by atoms with Crippen molar-refractivity contribution in [3.63, 3.8) is 0 Å². The number of nitrogen functional groups attached to an aromatic ring is 2. The number of aromatic nitrogens is 3. The summed E-state index contributed by atoms with van der Waals surface area (Å²) in [5, 5.41) is 16.9. The fourth-order valence-electron chi connectivity index (χ4n) is 0.609. The Morgan fingerprint density at radius 1 is 1.00 bits per heavy atom. The van der Waals surface area contributed by atoms with Crippen molar-refractivity contribution in [2.75, 3.05) is 16.4 Å². The van der Waals surface area contributed by atoms with Crippen LogP contribution in [-0.4, -0.2) is 15.0 Å². The molecule has 0 fully saturated rings. The minimum Gasteiger partial charge on any atom is -0.368 e. The van der Waals surface area contributed by atoms with Gasteiger partial charge >= 0.3 is 0 Å². The Labute approximate surface area is 73.0 Å². The van der Waals surface area contributed by atoms with Crippen molar-refractivity contribution in [1.29, 1.82) is 10.5 Å². The fourth-order valence-corrected chi connectivity index (χ4v) is 0.609. The van der Waals surface area contributed by atoms with Gasteiger partial charge in [-0.15, -0.1) is 4.90 Å². The molecule has 8 heteroatoms. The Morgan fingerprint density at radius 2 is 1.46 bits per heavy atom. The summed E-state index contributed by atoms with van der Waals surface area (Å²) in [6.45, 7) is 0. The lowest BCUT2D eigenvalue weighted by Crippen LogP contribution is -2.14. The Hall–Kier alpha value is -2.61. The summed E-state index contributed by atoms with van der Waals surface area (Å²) >= 11 is 0. The second kappa shape index (κ2) is 3.19. The zero-order valence-corrected chi connectivity index (χ0v) is 6.34. The maximum Gasteiger partial charge on any atom is 0.259 e. The van der Waals surface area contributed by atoms with Crippen LogP contribution in [0.2, 0.25) is 0 Å². The topological polar surface area (TPSA) is 142 Å². The SMILES string of the molecule is N#CN(C#N)c1nc(N)nc(N)n1. The van der Waals surface area contributed by atoms with Gasteiger partial charge in [-0.3, -0.25) is 0 Å². The van der Waals surface area contributed by atoms with E-state index in [9.17, 15) is 0 Å². The number of rotatable bonds is 1. The average Bonchev–Trinajstić information content (AvgIpc) is 2.04. The maximum atomic E-state index is 8.43. The predicted molar refractivity (Wildman–Crippen MR) is 42.4 cm³/mol. The maximum absolute atomic E-state index is 8.43. The van der Waals surface area contributed by atoms with Gasteiger partial charge in [0.1, 0.15) is 0 Å². The predicted octanol–water partition coefficient (Wildman–Crippen LogP) is -1.20. The normalized spacial score (nSPS) is 8.46. The molecule has 0 amide bonds. The zero-order chi connectivity index (χ0) is 9.84.